The van der Waals surface area contributed by atoms with E-state index in [9.17, 15) is 4.79 Å². The molecule has 0 aliphatic carbocycles. The summed E-state index contributed by atoms with van der Waals surface area (Å²) in [6, 6.07) is 3.77. The third kappa shape index (κ3) is 6.73. The van der Waals surface area contributed by atoms with Crippen molar-refractivity contribution in [3.63, 3.8) is 0 Å². The SMILES string of the molecule is COc1ncc(C(CC(=O)O)N/N=C\C(=N)CCCc2ccc3c(n2)NCCC3)cn1. The molecule has 0 spiro atoms. The Kier molecular flexibility index (Phi) is 7.85. The van der Waals surface area contributed by atoms with E-state index in [1.165, 1.54) is 31.3 Å². The smallest absolute Gasteiger partial charge is 0.316 e. The van der Waals surface area contributed by atoms with Crippen molar-refractivity contribution in [2.24, 2.45) is 5.10 Å². The third-order valence-electron chi connectivity index (χ3n) is 4.89. The van der Waals surface area contributed by atoms with Crippen molar-refractivity contribution in [1.82, 2.24) is 20.4 Å². The average molecular weight is 425 g/mol. The van der Waals surface area contributed by atoms with Crippen molar-refractivity contribution in [2.75, 3.05) is 19.0 Å². The van der Waals surface area contributed by atoms with Gasteiger partial charge in [0.1, 0.15) is 5.82 Å². The Morgan fingerprint density at radius 3 is 2.97 bits per heavy atom. The molecule has 1 unspecified atom stereocenters. The third-order valence-corrected chi connectivity index (χ3v) is 4.89. The molecule has 4 N–H and O–H groups in total. The molecule has 164 valence electrons. The summed E-state index contributed by atoms with van der Waals surface area (Å²) in [5.41, 5.74) is 5.98. The van der Waals surface area contributed by atoms with Crippen LogP contribution >= 0.6 is 0 Å². The predicted molar refractivity (Wildman–Crippen MR) is 117 cm³/mol. The first-order valence-corrected chi connectivity index (χ1v) is 10.2. The number of hydrazone groups is 1. The second kappa shape index (κ2) is 11.0. The van der Waals surface area contributed by atoms with E-state index in [4.69, 9.17) is 15.3 Å². The van der Waals surface area contributed by atoms with Crippen LogP contribution in [0.15, 0.2) is 29.6 Å². The first-order valence-electron chi connectivity index (χ1n) is 10.2. The number of methoxy groups -OCH3 is 1. The minimum absolute atomic E-state index is 0.196. The maximum Gasteiger partial charge on any atom is 0.316 e. The van der Waals surface area contributed by atoms with E-state index in [1.807, 2.05) is 0 Å². The number of nitrogens with zero attached hydrogens (tertiary/aromatic N) is 4. The Hall–Kier alpha value is -3.56. The lowest BCUT2D eigenvalue weighted by Gasteiger charge is -2.17. The molecule has 1 aliphatic heterocycles. The van der Waals surface area contributed by atoms with Crippen molar-refractivity contribution in [3.8, 4) is 6.01 Å². The van der Waals surface area contributed by atoms with Gasteiger partial charge in [-0.3, -0.25) is 4.79 Å². The molecule has 0 radical (unpaired) electrons. The molecule has 10 nitrogen and oxygen atoms in total. The molecule has 3 rings (SSSR count). The molecule has 1 aliphatic rings. The molecular weight excluding hydrogens is 398 g/mol. The second-order valence-corrected chi connectivity index (χ2v) is 7.26. The first kappa shape index (κ1) is 22.1. The van der Waals surface area contributed by atoms with Crippen LogP contribution in [-0.2, 0) is 17.6 Å². The Balaban J connectivity index is 1.47. The number of carboxylic acids is 1. The molecule has 0 saturated carbocycles. The normalized spacial score (nSPS) is 13.8. The number of hydrogen-bond acceptors (Lipinski definition) is 9. The number of pyridine rings is 1. The summed E-state index contributed by atoms with van der Waals surface area (Å²) in [5, 5.41) is 24.6. The summed E-state index contributed by atoms with van der Waals surface area (Å²) in [5.74, 6) is 0.00204. The Bertz CT molecular complexity index is 931. The molecule has 0 aromatic carbocycles. The number of aliphatic carboxylic acids is 1. The van der Waals surface area contributed by atoms with E-state index in [1.54, 1.807) is 0 Å². The van der Waals surface area contributed by atoms with Gasteiger partial charge in [0.25, 0.3) is 0 Å². The van der Waals surface area contributed by atoms with Gasteiger partial charge in [-0.15, -0.1) is 0 Å². The highest BCUT2D eigenvalue weighted by molar-refractivity contribution is 6.28. The minimum Gasteiger partial charge on any atom is -0.481 e. The van der Waals surface area contributed by atoms with Crippen LogP contribution in [0.4, 0.5) is 5.82 Å². The van der Waals surface area contributed by atoms with Crippen LogP contribution in [0.1, 0.15) is 48.5 Å². The van der Waals surface area contributed by atoms with Crippen molar-refractivity contribution in [1.29, 1.82) is 5.41 Å². The fourth-order valence-corrected chi connectivity index (χ4v) is 3.26. The largest absolute Gasteiger partial charge is 0.481 e. The molecule has 3 heterocycles. The fourth-order valence-electron chi connectivity index (χ4n) is 3.26. The summed E-state index contributed by atoms with van der Waals surface area (Å²) < 4.78 is 4.91. The number of carboxylic acid groups (broad SMARTS) is 1. The molecule has 2 aromatic rings. The van der Waals surface area contributed by atoms with Crippen molar-refractivity contribution < 1.29 is 14.6 Å². The Labute approximate surface area is 180 Å². The number of aryl methyl sites for hydroxylation is 2. The number of nitrogens with one attached hydrogen (secondary N) is 3. The second-order valence-electron chi connectivity index (χ2n) is 7.26. The van der Waals surface area contributed by atoms with Gasteiger partial charge < -0.3 is 26.0 Å². The topological polar surface area (TPSA) is 145 Å². The van der Waals surface area contributed by atoms with Crippen LogP contribution in [0.3, 0.4) is 0 Å². The Morgan fingerprint density at radius 1 is 1.42 bits per heavy atom. The molecule has 0 saturated heterocycles. The highest BCUT2D eigenvalue weighted by Crippen LogP contribution is 2.20. The van der Waals surface area contributed by atoms with E-state index >= 15 is 0 Å². The summed E-state index contributed by atoms with van der Waals surface area (Å²) in [6.45, 7) is 0.961. The number of hydrogen-bond donors (Lipinski definition) is 4. The van der Waals surface area contributed by atoms with E-state index < -0.39 is 12.0 Å². The lowest BCUT2D eigenvalue weighted by Crippen LogP contribution is -2.20. The van der Waals surface area contributed by atoms with Crippen LogP contribution in [0.25, 0.3) is 0 Å². The monoisotopic (exact) mass is 425 g/mol. The number of fused-ring (bicyclic) bond motifs is 1. The number of rotatable bonds is 11. The van der Waals surface area contributed by atoms with Crippen LogP contribution in [0, 0.1) is 5.41 Å². The van der Waals surface area contributed by atoms with E-state index in [0.29, 0.717) is 17.7 Å². The fraction of sp³-hybridized carbons (Fsp3) is 0.429. The number of carbonyl (C=O) groups is 1. The van der Waals surface area contributed by atoms with Gasteiger partial charge in [-0.25, -0.2) is 15.0 Å². The standard InChI is InChI=1S/C21H27N7O3/c1-31-21-24-11-15(12-25-21)18(10-19(29)30)28-26-13-16(22)5-2-6-17-8-7-14-4-3-9-23-20(14)27-17/h7-8,11-13,18,22,28H,2-6,9-10H2,1H3,(H,23,27)(H,29,30)/b22-16?,26-13-. The number of anilines is 1. The molecule has 0 bridgehead atoms. The van der Waals surface area contributed by atoms with E-state index in [2.05, 4.69) is 42.9 Å². The quantitative estimate of drug-likeness (QED) is 0.317. The molecule has 31 heavy (non-hydrogen) atoms. The van der Waals surface area contributed by atoms with Crippen LogP contribution in [0.2, 0.25) is 0 Å². The van der Waals surface area contributed by atoms with Crippen molar-refractivity contribution >= 4 is 23.7 Å². The van der Waals surface area contributed by atoms with Crippen LogP contribution < -0.4 is 15.5 Å². The van der Waals surface area contributed by atoms with Gasteiger partial charge in [-0.2, -0.15) is 5.10 Å². The molecule has 10 heteroatoms. The van der Waals surface area contributed by atoms with Crippen LogP contribution in [-0.4, -0.2) is 51.6 Å². The highest BCUT2D eigenvalue weighted by atomic mass is 16.5. The summed E-state index contributed by atoms with van der Waals surface area (Å²) >= 11 is 0. The average Bonchev–Trinajstić information content (AvgIpc) is 2.78. The minimum atomic E-state index is -0.981. The lowest BCUT2D eigenvalue weighted by molar-refractivity contribution is -0.137. The van der Waals surface area contributed by atoms with Gasteiger partial charge in [0.15, 0.2) is 0 Å². The summed E-state index contributed by atoms with van der Waals surface area (Å²) in [4.78, 5) is 23.8. The summed E-state index contributed by atoms with van der Waals surface area (Å²) in [6.07, 6.45) is 8.51. The van der Waals surface area contributed by atoms with Crippen molar-refractivity contribution in [3.05, 3.63) is 41.3 Å². The number of ether oxygens (including phenoxy) is 1. The summed E-state index contributed by atoms with van der Waals surface area (Å²) in [7, 11) is 1.45. The molecule has 0 fully saturated rings. The molecular formula is C21H27N7O3. The zero-order chi connectivity index (χ0) is 22.1. The highest BCUT2D eigenvalue weighted by Gasteiger charge is 2.16. The van der Waals surface area contributed by atoms with Crippen LogP contribution in [0.5, 0.6) is 6.01 Å². The zero-order valence-electron chi connectivity index (χ0n) is 17.5. The van der Waals surface area contributed by atoms with Gasteiger partial charge in [0.2, 0.25) is 0 Å². The van der Waals surface area contributed by atoms with Crippen molar-refractivity contribution in [2.45, 2.75) is 44.6 Å². The lowest BCUT2D eigenvalue weighted by atomic mass is 10.1. The first-order chi connectivity index (χ1) is 15.0. The van der Waals surface area contributed by atoms with Gasteiger partial charge in [0.05, 0.1) is 31.5 Å². The van der Waals surface area contributed by atoms with Gasteiger partial charge in [0, 0.05) is 30.2 Å². The Morgan fingerprint density at radius 2 is 2.23 bits per heavy atom. The molecule has 1 atom stereocenters. The van der Waals surface area contributed by atoms with E-state index in [-0.39, 0.29) is 12.4 Å². The van der Waals surface area contributed by atoms with Gasteiger partial charge >= 0.3 is 12.0 Å². The maximum atomic E-state index is 11.2. The van der Waals surface area contributed by atoms with E-state index in [0.717, 1.165) is 43.7 Å². The molecule has 0 amide bonds. The molecule has 2 aromatic heterocycles. The predicted octanol–water partition coefficient (Wildman–Crippen LogP) is 2.37. The van der Waals surface area contributed by atoms with Gasteiger partial charge in [-0.1, -0.05) is 6.07 Å². The van der Waals surface area contributed by atoms with Gasteiger partial charge in [-0.05, 0) is 43.7 Å². The zero-order valence-corrected chi connectivity index (χ0v) is 17.5. The number of aromatic nitrogens is 3. The maximum absolute atomic E-state index is 11.2.